The average molecular weight is 413 g/mol. The molecule has 0 bridgehead atoms. The molecule has 0 aromatic heterocycles. The summed E-state index contributed by atoms with van der Waals surface area (Å²) in [7, 11) is 0. The fraction of sp³-hybridized carbons (Fsp3) is 0.409. The van der Waals surface area contributed by atoms with E-state index >= 15 is 0 Å². The van der Waals surface area contributed by atoms with Crippen LogP contribution in [0.1, 0.15) is 60.8 Å². The molecule has 1 unspecified atom stereocenters. The standard InChI is InChI=1S/C22H21F6N/c1-14(7-8-20(12-19(29)13-20)16-5-3-2-4-6-16)15-9-17(21(23,24)25)11-18(10-15)22(26,27)28/h2-6,9-11,14,29H,7-8,12-13H2,1H3. The second-order valence-corrected chi connectivity index (χ2v) is 7.88. The first kappa shape index (κ1) is 21.4. The number of halogens is 6. The summed E-state index contributed by atoms with van der Waals surface area (Å²) >= 11 is 0. The van der Waals surface area contributed by atoms with Gasteiger partial charge >= 0.3 is 12.4 Å². The van der Waals surface area contributed by atoms with Crippen LogP contribution in [0.4, 0.5) is 26.3 Å². The van der Waals surface area contributed by atoms with Gasteiger partial charge in [-0.1, -0.05) is 37.3 Å². The molecule has 0 spiro atoms. The maximum atomic E-state index is 13.1. The van der Waals surface area contributed by atoms with E-state index in [1.54, 1.807) is 6.92 Å². The first-order valence-electron chi connectivity index (χ1n) is 9.32. The molecule has 0 amide bonds. The molecule has 1 nitrogen and oxygen atoms in total. The van der Waals surface area contributed by atoms with Crippen molar-refractivity contribution in [1.82, 2.24) is 0 Å². The molecule has 0 aliphatic heterocycles. The summed E-state index contributed by atoms with van der Waals surface area (Å²) in [6.45, 7) is 1.65. The molecule has 0 heterocycles. The molecule has 1 saturated carbocycles. The van der Waals surface area contributed by atoms with Crippen LogP contribution in [0.2, 0.25) is 0 Å². The van der Waals surface area contributed by atoms with Crippen molar-refractivity contribution in [2.24, 2.45) is 0 Å². The van der Waals surface area contributed by atoms with E-state index in [-0.39, 0.29) is 17.0 Å². The molecule has 1 aliphatic carbocycles. The lowest BCUT2D eigenvalue weighted by atomic mass is 9.60. The van der Waals surface area contributed by atoms with Gasteiger partial charge in [0.05, 0.1) is 11.1 Å². The molecule has 1 N–H and O–H groups in total. The van der Waals surface area contributed by atoms with Crippen molar-refractivity contribution in [3.05, 3.63) is 70.8 Å². The van der Waals surface area contributed by atoms with E-state index in [9.17, 15) is 26.3 Å². The van der Waals surface area contributed by atoms with Gasteiger partial charge in [-0.25, -0.2) is 0 Å². The Labute approximate surface area is 165 Å². The van der Waals surface area contributed by atoms with Crippen LogP contribution >= 0.6 is 0 Å². The van der Waals surface area contributed by atoms with Crippen LogP contribution in [0.3, 0.4) is 0 Å². The second kappa shape index (κ2) is 7.50. The highest BCUT2D eigenvalue weighted by Gasteiger charge is 2.42. The maximum Gasteiger partial charge on any atom is 0.416 e. The second-order valence-electron chi connectivity index (χ2n) is 7.88. The fourth-order valence-electron chi connectivity index (χ4n) is 4.01. The number of hydrogen-bond donors (Lipinski definition) is 1. The zero-order valence-corrected chi connectivity index (χ0v) is 15.8. The van der Waals surface area contributed by atoms with Gasteiger partial charge in [-0.2, -0.15) is 26.3 Å². The van der Waals surface area contributed by atoms with Gasteiger partial charge in [0.2, 0.25) is 0 Å². The van der Waals surface area contributed by atoms with Gasteiger partial charge in [-0.05, 0) is 60.9 Å². The molecule has 1 atom stereocenters. The SMILES string of the molecule is CC(CCC1(c2ccccc2)CC(=N)C1)c1cc(C(F)(F)F)cc(C(F)(F)F)c1. The highest BCUT2D eigenvalue weighted by molar-refractivity contribution is 5.91. The van der Waals surface area contributed by atoms with Crippen LogP contribution in [0.5, 0.6) is 0 Å². The smallest absolute Gasteiger partial charge is 0.310 e. The van der Waals surface area contributed by atoms with E-state index in [0.29, 0.717) is 31.4 Å². The molecule has 29 heavy (non-hydrogen) atoms. The Morgan fingerprint density at radius 2 is 1.41 bits per heavy atom. The summed E-state index contributed by atoms with van der Waals surface area (Å²) in [5.74, 6) is -0.478. The Morgan fingerprint density at radius 3 is 1.86 bits per heavy atom. The number of rotatable bonds is 5. The Balaban J connectivity index is 1.85. The van der Waals surface area contributed by atoms with Crippen LogP contribution in [0.25, 0.3) is 0 Å². The highest BCUT2D eigenvalue weighted by Crippen LogP contribution is 2.47. The number of benzene rings is 2. The Kier molecular flexibility index (Phi) is 5.54. The Morgan fingerprint density at radius 1 is 0.897 bits per heavy atom. The predicted molar refractivity (Wildman–Crippen MR) is 99.2 cm³/mol. The summed E-state index contributed by atoms with van der Waals surface area (Å²) in [5, 5.41) is 7.83. The lowest BCUT2D eigenvalue weighted by Crippen LogP contribution is -2.41. The molecule has 7 heteroatoms. The fourth-order valence-corrected chi connectivity index (χ4v) is 4.01. The third-order valence-corrected chi connectivity index (χ3v) is 5.72. The molecule has 3 rings (SSSR count). The number of hydrogen-bond acceptors (Lipinski definition) is 1. The van der Waals surface area contributed by atoms with Gasteiger partial charge in [0.15, 0.2) is 0 Å². The third kappa shape index (κ3) is 4.65. The molecule has 1 fully saturated rings. The molecule has 156 valence electrons. The highest BCUT2D eigenvalue weighted by atomic mass is 19.4. The van der Waals surface area contributed by atoms with Crippen LogP contribution in [-0.4, -0.2) is 5.71 Å². The molecule has 2 aromatic rings. The number of nitrogens with one attached hydrogen (secondary N) is 1. The van der Waals surface area contributed by atoms with E-state index < -0.39 is 29.4 Å². The van der Waals surface area contributed by atoms with Crippen LogP contribution in [-0.2, 0) is 17.8 Å². The van der Waals surface area contributed by atoms with Crippen LogP contribution in [0, 0.1) is 5.41 Å². The first-order chi connectivity index (χ1) is 13.4. The van der Waals surface area contributed by atoms with Crippen LogP contribution < -0.4 is 0 Å². The summed E-state index contributed by atoms with van der Waals surface area (Å²) in [6, 6.07) is 11.4. The zero-order valence-electron chi connectivity index (χ0n) is 15.8. The van der Waals surface area contributed by atoms with Gasteiger partial charge in [-0.3, -0.25) is 0 Å². The molecule has 0 saturated heterocycles. The zero-order chi connectivity index (χ0) is 21.4. The van der Waals surface area contributed by atoms with E-state index in [4.69, 9.17) is 5.41 Å². The van der Waals surface area contributed by atoms with Crippen molar-refractivity contribution in [3.8, 4) is 0 Å². The summed E-state index contributed by atoms with van der Waals surface area (Å²) < 4.78 is 78.7. The van der Waals surface area contributed by atoms with Crippen molar-refractivity contribution in [2.45, 2.75) is 56.3 Å². The van der Waals surface area contributed by atoms with Crippen molar-refractivity contribution in [1.29, 1.82) is 5.41 Å². The molecular formula is C22H21F6N. The number of alkyl halides is 6. The van der Waals surface area contributed by atoms with Gasteiger partial charge in [0, 0.05) is 11.1 Å². The van der Waals surface area contributed by atoms with Crippen molar-refractivity contribution in [3.63, 3.8) is 0 Å². The van der Waals surface area contributed by atoms with E-state index in [2.05, 4.69) is 0 Å². The Bertz CT molecular complexity index is 842. The lowest BCUT2D eigenvalue weighted by molar-refractivity contribution is -0.143. The first-order valence-corrected chi connectivity index (χ1v) is 9.32. The van der Waals surface area contributed by atoms with E-state index in [1.807, 2.05) is 30.3 Å². The van der Waals surface area contributed by atoms with Crippen LogP contribution in [0.15, 0.2) is 48.5 Å². The van der Waals surface area contributed by atoms with Gasteiger partial charge in [0.25, 0.3) is 0 Å². The summed E-state index contributed by atoms with van der Waals surface area (Å²) in [6.07, 6.45) is -7.52. The topological polar surface area (TPSA) is 23.9 Å². The largest absolute Gasteiger partial charge is 0.416 e. The molecule has 1 aliphatic rings. The van der Waals surface area contributed by atoms with E-state index in [1.165, 1.54) is 0 Å². The van der Waals surface area contributed by atoms with Crippen molar-refractivity contribution >= 4 is 5.71 Å². The minimum Gasteiger partial charge on any atom is -0.310 e. The minimum atomic E-state index is -4.84. The molecule has 2 aromatic carbocycles. The normalized spacial score (nSPS) is 21.0. The van der Waals surface area contributed by atoms with E-state index in [0.717, 1.165) is 17.7 Å². The maximum absolute atomic E-state index is 13.1. The average Bonchev–Trinajstić information content (AvgIpc) is 2.63. The Hall–Kier alpha value is -2.31. The summed E-state index contributed by atoms with van der Waals surface area (Å²) in [4.78, 5) is 0. The van der Waals surface area contributed by atoms with Gasteiger partial charge < -0.3 is 5.41 Å². The third-order valence-electron chi connectivity index (χ3n) is 5.72. The molecular weight excluding hydrogens is 392 g/mol. The quantitative estimate of drug-likeness (QED) is 0.495. The monoisotopic (exact) mass is 413 g/mol. The van der Waals surface area contributed by atoms with Gasteiger partial charge in [-0.15, -0.1) is 0 Å². The van der Waals surface area contributed by atoms with Crippen molar-refractivity contribution in [2.75, 3.05) is 0 Å². The lowest BCUT2D eigenvalue weighted by Gasteiger charge is -2.44. The summed E-state index contributed by atoms with van der Waals surface area (Å²) in [5.41, 5.74) is -1.12. The molecule has 0 radical (unpaired) electrons. The van der Waals surface area contributed by atoms with Crippen molar-refractivity contribution < 1.29 is 26.3 Å². The predicted octanol–water partition coefficient (Wildman–Crippen LogP) is 7.36. The minimum absolute atomic E-state index is 0.0322. The van der Waals surface area contributed by atoms with Gasteiger partial charge in [0.1, 0.15) is 0 Å².